The molecular formula is C23H31F3IN5O. The molecule has 1 aromatic carbocycles. The van der Waals surface area contributed by atoms with Crippen molar-refractivity contribution in [2.45, 2.75) is 38.0 Å². The molecule has 1 fully saturated rings. The third-order valence-corrected chi connectivity index (χ3v) is 5.61. The molecule has 1 unspecified atom stereocenters. The van der Waals surface area contributed by atoms with Crippen LogP contribution in [0.3, 0.4) is 0 Å². The van der Waals surface area contributed by atoms with Gasteiger partial charge in [-0.15, -0.1) is 24.0 Å². The van der Waals surface area contributed by atoms with Crippen LogP contribution in [0, 0.1) is 0 Å². The number of alkyl halides is 3. The van der Waals surface area contributed by atoms with Crippen LogP contribution >= 0.6 is 24.0 Å². The number of halogens is 4. The molecule has 3 rings (SSSR count). The van der Waals surface area contributed by atoms with E-state index in [1.807, 2.05) is 25.1 Å². The SMILES string of the molecule is CCNC(=NCCC(O)(c1nccn1C)C(F)(F)F)N1CCC(=Cc2ccccc2)CC1.I. The van der Waals surface area contributed by atoms with Crippen molar-refractivity contribution in [3.8, 4) is 0 Å². The van der Waals surface area contributed by atoms with E-state index >= 15 is 0 Å². The summed E-state index contributed by atoms with van der Waals surface area (Å²) < 4.78 is 42.3. The van der Waals surface area contributed by atoms with E-state index < -0.39 is 24.0 Å². The lowest BCUT2D eigenvalue weighted by Gasteiger charge is -2.32. The zero-order valence-corrected chi connectivity index (χ0v) is 21.2. The number of imidazole rings is 1. The molecule has 0 saturated carbocycles. The average Bonchev–Trinajstić information content (AvgIpc) is 3.20. The maximum atomic E-state index is 13.7. The standard InChI is InChI=1S/C23H30F3N5O.HI/c1-3-27-21(31-14-9-19(10-15-31)17-18-7-5-4-6-8-18)29-12-11-22(32,23(24,25)26)20-28-13-16-30(20)2;/h4-8,13,16-17,32H,3,9-12,14-15H2,1-2H3,(H,27,29);1H. The fourth-order valence-electron chi connectivity index (χ4n) is 3.83. The van der Waals surface area contributed by atoms with Crippen molar-refractivity contribution >= 4 is 36.0 Å². The molecule has 1 aliphatic heterocycles. The number of rotatable bonds is 6. The van der Waals surface area contributed by atoms with Crippen molar-refractivity contribution < 1.29 is 18.3 Å². The Morgan fingerprint density at radius 2 is 1.88 bits per heavy atom. The highest BCUT2D eigenvalue weighted by Gasteiger charge is 2.57. The van der Waals surface area contributed by atoms with Crippen LogP contribution in [0.1, 0.15) is 37.6 Å². The van der Waals surface area contributed by atoms with Crippen LogP contribution in [-0.2, 0) is 12.6 Å². The van der Waals surface area contributed by atoms with Crippen LogP contribution in [0.15, 0.2) is 53.3 Å². The lowest BCUT2D eigenvalue weighted by atomic mass is 9.98. The van der Waals surface area contributed by atoms with E-state index in [4.69, 9.17) is 0 Å². The summed E-state index contributed by atoms with van der Waals surface area (Å²) in [7, 11) is 1.43. The summed E-state index contributed by atoms with van der Waals surface area (Å²) in [5.41, 5.74) is -0.554. The first-order chi connectivity index (χ1) is 15.2. The Morgan fingerprint density at radius 1 is 1.21 bits per heavy atom. The molecule has 6 nitrogen and oxygen atoms in total. The van der Waals surface area contributed by atoms with E-state index in [-0.39, 0.29) is 30.5 Å². The summed E-state index contributed by atoms with van der Waals surface area (Å²) in [5, 5.41) is 13.7. The fraction of sp³-hybridized carbons (Fsp3) is 0.478. The van der Waals surface area contributed by atoms with E-state index in [0.717, 1.165) is 31.5 Å². The Bertz CT molecular complexity index is 935. The molecule has 1 atom stereocenters. The number of hydrogen-bond donors (Lipinski definition) is 2. The number of aryl methyl sites for hydroxylation is 1. The first-order valence-corrected chi connectivity index (χ1v) is 10.8. The maximum absolute atomic E-state index is 13.7. The van der Waals surface area contributed by atoms with Crippen molar-refractivity contribution in [1.29, 1.82) is 0 Å². The van der Waals surface area contributed by atoms with E-state index in [9.17, 15) is 18.3 Å². The summed E-state index contributed by atoms with van der Waals surface area (Å²) in [4.78, 5) is 10.2. The highest BCUT2D eigenvalue weighted by molar-refractivity contribution is 14.0. The highest BCUT2D eigenvalue weighted by atomic mass is 127. The molecule has 1 aliphatic rings. The number of nitrogens with one attached hydrogen (secondary N) is 1. The zero-order valence-electron chi connectivity index (χ0n) is 18.8. The van der Waals surface area contributed by atoms with Crippen molar-refractivity contribution in [3.05, 3.63) is 59.7 Å². The number of aliphatic imine (C=N–C) groups is 1. The van der Waals surface area contributed by atoms with Gasteiger partial charge in [-0.25, -0.2) is 4.98 Å². The second-order valence-electron chi connectivity index (χ2n) is 7.91. The Labute approximate surface area is 209 Å². The molecule has 0 aliphatic carbocycles. The lowest BCUT2D eigenvalue weighted by molar-refractivity contribution is -0.272. The topological polar surface area (TPSA) is 65.7 Å². The smallest absolute Gasteiger partial charge is 0.374 e. The number of aromatic nitrogens is 2. The van der Waals surface area contributed by atoms with E-state index in [0.29, 0.717) is 12.5 Å². The first-order valence-electron chi connectivity index (χ1n) is 10.8. The second kappa shape index (κ2) is 11.9. The number of benzene rings is 1. The van der Waals surface area contributed by atoms with Gasteiger partial charge in [0.05, 0.1) is 0 Å². The zero-order chi connectivity index (χ0) is 23.2. The number of aliphatic hydroxyl groups is 1. The predicted octanol–water partition coefficient (Wildman–Crippen LogP) is 4.32. The van der Waals surface area contributed by atoms with Gasteiger partial charge in [0, 0.05) is 52.0 Å². The fourth-order valence-corrected chi connectivity index (χ4v) is 3.83. The van der Waals surface area contributed by atoms with Gasteiger partial charge >= 0.3 is 6.18 Å². The Kier molecular flexibility index (Phi) is 9.77. The molecule has 2 N–H and O–H groups in total. The second-order valence-corrected chi connectivity index (χ2v) is 7.91. The van der Waals surface area contributed by atoms with Crippen LogP contribution in [0.25, 0.3) is 6.08 Å². The maximum Gasteiger partial charge on any atom is 0.424 e. The molecule has 2 aromatic rings. The number of likely N-dealkylation sites (tertiary alicyclic amines) is 1. The summed E-state index contributed by atoms with van der Waals surface area (Å²) in [6.45, 7) is 3.79. The third-order valence-electron chi connectivity index (χ3n) is 5.61. The normalized spacial score (nSPS) is 16.7. The van der Waals surface area contributed by atoms with Gasteiger partial charge in [-0.1, -0.05) is 42.0 Å². The van der Waals surface area contributed by atoms with Gasteiger partial charge in [0.25, 0.3) is 0 Å². The molecular weight excluding hydrogens is 546 g/mol. The highest BCUT2D eigenvalue weighted by Crippen LogP contribution is 2.40. The number of nitrogens with zero attached hydrogens (tertiary/aromatic N) is 4. The minimum absolute atomic E-state index is 0. The van der Waals surface area contributed by atoms with Gasteiger partial charge in [-0.2, -0.15) is 13.2 Å². The van der Waals surface area contributed by atoms with Crippen LogP contribution in [-0.4, -0.2) is 57.9 Å². The van der Waals surface area contributed by atoms with Crippen LogP contribution in [0.2, 0.25) is 0 Å². The molecule has 1 saturated heterocycles. The molecule has 2 heterocycles. The summed E-state index contributed by atoms with van der Waals surface area (Å²) in [6.07, 6.45) is 1.07. The molecule has 0 radical (unpaired) electrons. The van der Waals surface area contributed by atoms with Crippen LogP contribution in [0.5, 0.6) is 0 Å². The number of hydrogen-bond acceptors (Lipinski definition) is 3. The Balaban J connectivity index is 0.00000385. The minimum atomic E-state index is -4.86. The minimum Gasteiger partial charge on any atom is -0.374 e. The monoisotopic (exact) mass is 577 g/mol. The largest absolute Gasteiger partial charge is 0.424 e. The molecule has 10 heteroatoms. The third kappa shape index (κ3) is 6.72. The summed E-state index contributed by atoms with van der Waals surface area (Å²) in [5.74, 6) is 0.134. The molecule has 182 valence electrons. The van der Waals surface area contributed by atoms with Crippen LogP contribution < -0.4 is 5.32 Å². The molecule has 1 aromatic heterocycles. The van der Waals surface area contributed by atoms with Gasteiger partial charge in [0.1, 0.15) is 5.82 Å². The number of guanidine groups is 1. The van der Waals surface area contributed by atoms with Crippen LogP contribution in [0.4, 0.5) is 13.2 Å². The van der Waals surface area contributed by atoms with Gasteiger partial charge < -0.3 is 19.9 Å². The van der Waals surface area contributed by atoms with Gasteiger partial charge in [0.15, 0.2) is 5.96 Å². The number of piperidine rings is 1. The van der Waals surface area contributed by atoms with Crippen molar-refractivity contribution in [3.63, 3.8) is 0 Å². The first kappa shape index (κ1) is 27.2. The van der Waals surface area contributed by atoms with Gasteiger partial charge in [-0.3, -0.25) is 4.99 Å². The quantitative estimate of drug-likeness (QED) is 0.305. The van der Waals surface area contributed by atoms with Gasteiger partial charge in [0.2, 0.25) is 5.60 Å². The predicted molar refractivity (Wildman–Crippen MR) is 134 cm³/mol. The van der Waals surface area contributed by atoms with Crippen molar-refractivity contribution in [2.75, 3.05) is 26.2 Å². The molecule has 0 bridgehead atoms. The van der Waals surface area contributed by atoms with Crippen molar-refractivity contribution in [2.24, 2.45) is 12.0 Å². The summed E-state index contributed by atoms with van der Waals surface area (Å²) >= 11 is 0. The lowest BCUT2D eigenvalue weighted by Crippen LogP contribution is -2.46. The van der Waals surface area contributed by atoms with E-state index in [1.54, 1.807) is 0 Å². The van der Waals surface area contributed by atoms with E-state index in [1.165, 1.54) is 29.6 Å². The van der Waals surface area contributed by atoms with Crippen molar-refractivity contribution in [1.82, 2.24) is 19.8 Å². The summed E-state index contributed by atoms with van der Waals surface area (Å²) in [6, 6.07) is 10.1. The molecule has 33 heavy (non-hydrogen) atoms. The Hall–Kier alpha value is -2.08. The molecule has 0 spiro atoms. The molecule has 0 amide bonds. The van der Waals surface area contributed by atoms with E-state index in [2.05, 4.69) is 38.4 Å². The van der Waals surface area contributed by atoms with Gasteiger partial charge in [-0.05, 0) is 25.3 Å². The average molecular weight is 577 g/mol. The Morgan fingerprint density at radius 3 is 2.42 bits per heavy atom.